The van der Waals surface area contributed by atoms with Crippen molar-refractivity contribution in [1.82, 2.24) is 14.9 Å². The maximum absolute atomic E-state index is 4.18. The molecule has 4 rings (SSSR count). The van der Waals surface area contributed by atoms with Crippen LogP contribution < -0.4 is 5.32 Å². The zero-order valence-corrected chi connectivity index (χ0v) is 12.7. The van der Waals surface area contributed by atoms with Gasteiger partial charge in [-0.2, -0.15) is 0 Å². The minimum atomic E-state index is 0.961. The quantitative estimate of drug-likeness (QED) is 0.781. The van der Waals surface area contributed by atoms with Crippen molar-refractivity contribution >= 4 is 23.2 Å². The molecule has 0 bridgehead atoms. The van der Waals surface area contributed by atoms with Crippen molar-refractivity contribution in [1.29, 1.82) is 0 Å². The van der Waals surface area contributed by atoms with Gasteiger partial charge in [-0.1, -0.05) is 17.7 Å². The third kappa shape index (κ3) is 2.24. The molecule has 1 aliphatic heterocycles. The SMILES string of the molecule is Cc1ccc2c(c1)c1c(n2/C=C/c2cccnc2)CCNC1. The average Bonchev–Trinajstić information content (AvgIpc) is 2.87. The van der Waals surface area contributed by atoms with Crippen LogP contribution in [0.1, 0.15) is 22.4 Å². The van der Waals surface area contributed by atoms with E-state index in [0.717, 1.165) is 25.1 Å². The molecule has 0 atom stereocenters. The van der Waals surface area contributed by atoms with E-state index in [0.29, 0.717) is 0 Å². The molecule has 0 spiro atoms. The van der Waals surface area contributed by atoms with E-state index >= 15 is 0 Å². The van der Waals surface area contributed by atoms with Crippen molar-refractivity contribution in [3.05, 3.63) is 65.1 Å². The van der Waals surface area contributed by atoms with Gasteiger partial charge in [0.2, 0.25) is 0 Å². The van der Waals surface area contributed by atoms with Gasteiger partial charge in [0.15, 0.2) is 0 Å². The molecule has 1 N–H and O–H groups in total. The van der Waals surface area contributed by atoms with Gasteiger partial charge in [0, 0.05) is 49.2 Å². The number of aryl methyl sites for hydroxylation is 1. The standard InChI is InChI=1S/C19H19N3/c1-14-4-5-18-16(11-14)17-13-21-9-6-19(17)22(18)10-7-15-3-2-8-20-12-15/h2-5,7-8,10-12,21H,6,9,13H2,1H3/b10-7+. The molecule has 0 saturated heterocycles. The van der Waals surface area contributed by atoms with Crippen molar-refractivity contribution in [2.75, 3.05) is 6.54 Å². The van der Waals surface area contributed by atoms with Crippen molar-refractivity contribution < 1.29 is 0 Å². The number of fused-ring (bicyclic) bond motifs is 3. The molecule has 0 radical (unpaired) electrons. The fraction of sp³-hybridized carbons (Fsp3) is 0.211. The highest BCUT2D eigenvalue weighted by atomic mass is 15.0. The Morgan fingerprint density at radius 1 is 1.27 bits per heavy atom. The summed E-state index contributed by atoms with van der Waals surface area (Å²) in [5.74, 6) is 0. The summed E-state index contributed by atoms with van der Waals surface area (Å²) in [5, 5.41) is 4.87. The lowest BCUT2D eigenvalue weighted by molar-refractivity contribution is 0.634. The Bertz CT molecular complexity index is 844. The highest BCUT2D eigenvalue weighted by Gasteiger charge is 2.18. The second-order valence-electron chi connectivity index (χ2n) is 5.84. The molecule has 110 valence electrons. The molecular formula is C19H19N3. The molecule has 1 aromatic carbocycles. The van der Waals surface area contributed by atoms with Crippen LogP contribution >= 0.6 is 0 Å². The number of nitrogens with zero attached hydrogens (tertiary/aromatic N) is 2. The Kier molecular flexibility index (Phi) is 3.28. The van der Waals surface area contributed by atoms with Crippen LogP contribution in [0.5, 0.6) is 0 Å². The molecule has 22 heavy (non-hydrogen) atoms. The second-order valence-corrected chi connectivity index (χ2v) is 5.84. The maximum Gasteiger partial charge on any atom is 0.0528 e. The highest BCUT2D eigenvalue weighted by molar-refractivity contribution is 5.89. The van der Waals surface area contributed by atoms with Crippen LogP contribution in [0.25, 0.3) is 23.2 Å². The molecule has 3 heterocycles. The number of aromatic nitrogens is 2. The van der Waals surface area contributed by atoms with E-state index in [4.69, 9.17) is 0 Å². The monoisotopic (exact) mass is 289 g/mol. The highest BCUT2D eigenvalue weighted by Crippen LogP contribution is 2.30. The fourth-order valence-electron chi connectivity index (χ4n) is 3.24. The van der Waals surface area contributed by atoms with Gasteiger partial charge < -0.3 is 9.88 Å². The van der Waals surface area contributed by atoms with Crippen LogP contribution in [-0.2, 0) is 13.0 Å². The van der Waals surface area contributed by atoms with Gasteiger partial charge >= 0.3 is 0 Å². The zero-order chi connectivity index (χ0) is 14.9. The van der Waals surface area contributed by atoms with E-state index in [1.165, 1.54) is 27.7 Å². The van der Waals surface area contributed by atoms with Gasteiger partial charge in [0.25, 0.3) is 0 Å². The van der Waals surface area contributed by atoms with E-state index < -0.39 is 0 Å². The minimum Gasteiger partial charge on any atom is -0.320 e. The van der Waals surface area contributed by atoms with Gasteiger partial charge in [-0.15, -0.1) is 0 Å². The Labute approximate surface area is 130 Å². The summed E-state index contributed by atoms with van der Waals surface area (Å²) in [4.78, 5) is 4.18. The maximum atomic E-state index is 4.18. The molecule has 0 saturated carbocycles. The number of benzene rings is 1. The van der Waals surface area contributed by atoms with E-state index in [9.17, 15) is 0 Å². The lowest BCUT2D eigenvalue weighted by atomic mass is 10.0. The summed E-state index contributed by atoms with van der Waals surface area (Å²) in [6.07, 6.45) is 9.08. The Hall–Kier alpha value is -2.39. The molecule has 0 amide bonds. The van der Waals surface area contributed by atoms with Crippen molar-refractivity contribution in [2.45, 2.75) is 19.9 Å². The first-order valence-corrected chi connectivity index (χ1v) is 7.74. The Morgan fingerprint density at radius 2 is 2.23 bits per heavy atom. The van der Waals surface area contributed by atoms with Crippen LogP contribution in [0, 0.1) is 6.92 Å². The Morgan fingerprint density at radius 3 is 3.09 bits per heavy atom. The van der Waals surface area contributed by atoms with Gasteiger partial charge in [0.1, 0.15) is 0 Å². The molecule has 0 fully saturated rings. The first kappa shape index (κ1) is 13.3. The zero-order valence-electron chi connectivity index (χ0n) is 12.7. The fourth-order valence-corrected chi connectivity index (χ4v) is 3.24. The third-order valence-corrected chi connectivity index (χ3v) is 4.32. The van der Waals surface area contributed by atoms with Crippen molar-refractivity contribution in [3.63, 3.8) is 0 Å². The molecule has 0 aliphatic carbocycles. The molecule has 3 aromatic rings. The molecular weight excluding hydrogens is 270 g/mol. The predicted octanol–water partition coefficient (Wildman–Crippen LogP) is 3.62. The summed E-state index contributed by atoms with van der Waals surface area (Å²) in [6, 6.07) is 10.8. The third-order valence-electron chi connectivity index (χ3n) is 4.32. The smallest absolute Gasteiger partial charge is 0.0528 e. The molecule has 1 aliphatic rings. The summed E-state index contributed by atoms with van der Waals surface area (Å²) in [7, 11) is 0. The topological polar surface area (TPSA) is 29.9 Å². The lowest BCUT2D eigenvalue weighted by Crippen LogP contribution is -2.24. The van der Waals surface area contributed by atoms with E-state index in [-0.39, 0.29) is 0 Å². The van der Waals surface area contributed by atoms with Crippen LogP contribution in [0.2, 0.25) is 0 Å². The van der Waals surface area contributed by atoms with Gasteiger partial charge in [0.05, 0.1) is 5.52 Å². The van der Waals surface area contributed by atoms with Crippen LogP contribution in [0.3, 0.4) is 0 Å². The number of hydrogen-bond donors (Lipinski definition) is 1. The normalized spacial score (nSPS) is 14.6. The summed E-state index contributed by atoms with van der Waals surface area (Å²) in [6.45, 7) is 4.16. The molecule has 3 heteroatoms. The molecule has 2 aromatic heterocycles. The average molecular weight is 289 g/mol. The largest absolute Gasteiger partial charge is 0.320 e. The second kappa shape index (κ2) is 5.43. The summed E-state index contributed by atoms with van der Waals surface area (Å²) >= 11 is 0. The number of rotatable bonds is 2. The molecule has 0 unspecified atom stereocenters. The predicted molar refractivity (Wildman–Crippen MR) is 91.5 cm³/mol. The number of pyridine rings is 1. The minimum absolute atomic E-state index is 0.961. The first-order valence-electron chi connectivity index (χ1n) is 7.74. The van der Waals surface area contributed by atoms with Gasteiger partial charge in [-0.05, 0) is 42.3 Å². The van der Waals surface area contributed by atoms with E-state index in [1.54, 1.807) is 6.20 Å². The van der Waals surface area contributed by atoms with Crippen molar-refractivity contribution in [3.8, 4) is 0 Å². The van der Waals surface area contributed by atoms with Crippen LogP contribution in [0.4, 0.5) is 0 Å². The first-order chi connectivity index (χ1) is 10.8. The van der Waals surface area contributed by atoms with E-state index in [2.05, 4.69) is 58.3 Å². The van der Waals surface area contributed by atoms with Crippen LogP contribution in [0.15, 0.2) is 42.7 Å². The lowest BCUT2D eigenvalue weighted by Gasteiger charge is -2.15. The van der Waals surface area contributed by atoms with E-state index in [1.807, 2.05) is 12.3 Å². The van der Waals surface area contributed by atoms with Gasteiger partial charge in [-0.3, -0.25) is 4.98 Å². The summed E-state index contributed by atoms with van der Waals surface area (Å²) in [5.41, 5.74) is 6.60. The summed E-state index contributed by atoms with van der Waals surface area (Å²) < 4.78 is 2.35. The molecule has 3 nitrogen and oxygen atoms in total. The number of hydrogen-bond acceptors (Lipinski definition) is 2. The van der Waals surface area contributed by atoms with Crippen molar-refractivity contribution in [2.24, 2.45) is 0 Å². The number of nitrogens with one attached hydrogen (secondary N) is 1. The van der Waals surface area contributed by atoms with Gasteiger partial charge in [-0.25, -0.2) is 0 Å². The van der Waals surface area contributed by atoms with Crippen LogP contribution in [-0.4, -0.2) is 16.1 Å². The Balaban J connectivity index is 1.88.